The number of halogens is 4. The fourth-order valence-electron chi connectivity index (χ4n) is 6.16. The minimum Gasteiger partial charge on any atom is -0.307 e. The molecule has 0 atom stereocenters. The van der Waals surface area contributed by atoms with Crippen molar-refractivity contribution in [3.05, 3.63) is 70.8 Å². The zero-order valence-electron chi connectivity index (χ0n) is 22.1. The van der Waals surface area contributed by atoms with Crippen molar-refractivity contribution in [3.63, 3.8) is 0 Å². The first kappa shape index (κ1) is 26.0. The van der Waals surface area contributed by atoms with Crippen molar-refractivity contribution >= 4 is 11.6 Å². The van der Waals surface area contributed by atoms with Crippen LogP contribution >= 0.6 is 0 Å². The Balaban J connectivity index is 1.40. The SMILES string of the molecule is Cn1cn[n+](-c2c(N3Cc4c(cc(CNC5(C)CCC5)cc4C(F)(F)F)C3=O)cccc2[C@H]2C[C@@H](CF)C2)c1. The summed E-state index contributed by atoms with van der Waals surface area (Å²) >= 11 is 0. The number of benzene rings is 2. The van der Waals surface area contributed by atoms with Gasteiger partial charge in [-0.3, -0.25) is 14.1 Å². The number of aromatic nitrogens is 3. The van der Waals surface area contributed by atoms with E-state index in [1.165, 1.54) is 11.0 Å². The minimum atomic E-state index is -4.59. The fraction of sp³-hybridized carbons (Fsp3) is 0.483. The van der Waals surface area contributed by atoms with Crippen LogP contribution in [0.1, 0.15) is 77.6 Å². The van der Waals surface area contributed by atoms with Crippen LogP contribution < -0.4 is 14.9 Å². The molecular formula is C29H32F4N5O+. The molecule has 6 nitrogen and oxygen atoms in total. The lowest BCUT2D eigenvalue weighted by Gasteiger charge is -2.39. The number of amides is 1. The van der Waals surface area contributed by atoms with Crippen molar-refractivity contribution in [2.45, 2.75) is 69.8 Å². The van der Waals surface area contributed by atoms with Crippen molar-refractivity contribution < 1.29 is 27.0 Å². The standard InChI is InChI=1S/C29H32F4N5O/c1-28(7-4-8-28)34-14-19-11-22-23(24(12-19)29(31,32)33)15-37(27(22)39)25-6-3-5-21(20-9-18(10-20)13-30)26(25)38-17-36(2)16-35-38/h3,5-6,11-12,16-18,20,34H,4,7-10,13-15H2,1-2H3/q+1/t18-,20+. The number of aryl methyl sites for hydroxylation is 1. The van der Waals surface area contributed by atoms with Crippen LogP contribution in [-0.4, -0.2) is 27.8 Å². The topological polar surface area (TPSA) is 54.0 Å². The molecule has 10 heteroatoms. The Morgan fingerprint density at radius 2 is 1.97 bits per heavy atom. The van der Waals surface area contributed by atoms with Gasteiger partial charge in [-0.15, -0.1) is 0 Å². The normalized spacial score (nSPS) is 22.0. The second-order valence-electron chi connectivity index (χ2n) is 11.6. The number of rotatable bonds is 7. The van der Waals surface area contributed by atoms with E-state index in [-0.39, 0.29) is 48.3 Å². The van der Waals surface area contributed by atoms with Gasteiger partial charge in [0.15, 0.2) is 5.69 Å². The van der Waals surface area contributed by atoms with Crippen molar-refractivity contribution in [2.24, 2.45) is 13.0 Å². The molecule has 0 unspecified atom stereocenters. The van der Waals surface area contributed by atoms with Crippen LogP contribution in [-0.2, 0) is 26.3 Å². The molecule has 0 radical (unpaired) electrons. The number of hydrogen-bond acceptors (Lipinski definition) is 3. The molecule has 2 heterocycles. The van der Waals surface area contributed by atoms with Gasteiger partial charge in [0.05, 0.1) is 31.5 Å². The maximum atomic E-state index is 14.3. The second kappa shape index (κ2) is 9.43. The first-order valence-electron chi connectivity index (χ1n) is 13.5. The van der Waals surface area contributed by atoms with Crippen LogP contribution in [0, 0.1) is 5.92 Å². The van der Waals surface area contributed by atoms with E-state index in [1.807, 2.05) is 19.2 Å². The summed E-state index contributed by atoms with van der Waals surface area (Å²) in [6.07, 6.45) is 3.21. The van der Waals surface area contributed by atoms with E-state index < -0.39 is 17.6 Å². The molecular weight excluding hydrogens is 510 g/mol. The predicted octanol–water partition coefficient (Wildman–Crippen LogP) is 5.37. The molecule has 0 spiro atoms. The smallest absolute Gasteiger partial charge is 0.307 e. The molecule has 0 saturated heterocycles. The Hall–Kier alpha value is -3.27. The summed E-state index contributed by atoms with van der Waals surface area (Å²) in [5.74, 6) is -0.370. The summed E-state index contributed by atoms with van der Waals surface area (Å²) in [7, 11) is 1.82. The fourth-order valence-corrected chi connectivity index (χ4v) is 6.16. The van der Waals surface area contributed by atoms with Gasteiger partial charge in [-0.25, -0.2) is 4.57 Å². The molecule has 1 aromatic heterocycles. The number of carbonyl (C=O) groups excluding carboxylic acids is 1. The second-order valence-corrected chi connectivity index (χ2v) is 11.6. The molecule has 1 N–H and O–H groups in total. The summed E-state index contributed by atoms with van der Waals surface area (Å²) in [4.78, 5) is 15.2. The highest BCUT2D eigenvalue weighted by molar-refractivity contribution is 6.11. The van der Waals surface area contributed by atoms with E-state index >= 15 is 0 Å². The highest BCUT2D eigenvalue weighted by Gasteiger charge is 2.43. The van der Waals surface area contributed by atoms with Gasteiger partial charge in [-0.1, -0.05) is 16.8 Å². The number of fused-ring (bicyclic) bond motifs is 1. The van der Waals surface area contributed by atoms with E-state index in [2.05, 4.69) is 17.3 Å². The molecule has 0 bridgehead atoms. The lowest BCUT2D eigenvalue weighted by atomic mass is 9.71. The first-order valence-corrected chi connectivity index (χ1v) is 13.5. The largest absolute Gasteiger partial charge is 0.416 e. The summed E-state index contributed by atoms with van der Waals surface area (Å²) in [6.45, 7) is 1.78. The van der Waals surface area contributed by atoms with Gasteiger partial charge in [-0.2, -0.15) is 13.2 Å². The van der Waals surface area contributed by atoms with Crippen molar-refractivity contribution in [1.82, 2.24) is 15.0 Å². The Morgan fingerprint density at radius 1 is 1.21 bits per heavy atom. The highest BCUT2D eigenvalue weighted by Crippen LogP contribution is 2.46. The minimum absolute atomic E-state index is 0.00137. The quantitative estimate of drug-likeness (QED) is 0.323. The molecule has 206 valence electrons. The number of nitrogens with zero attached hydrogens (tertiary/aromatic N) is 4. The monoisotopic (exact) mass is 542 g/mol. The van der Waals surface area contributed by atoms with Gasteiger partial charge in [0, 0.05) is 23.2 Å². The molecule has 3 aromatic rings. The Labute approximate surface area is 224 Å². The van der Waals surface area contributed by atoms with E-state index in [9.17, 15) is 22.4 Å². The molecule has 2 saturated carbocycles. The van der Waals surface area contributed by atoms with Gasteiger partial charge in [0.25, 0.3) is 12.2 Å². The molecule has 1 amide bonds. The lowest BCUT2D eigenvalue weighted by Crippen LogP contribution is -2.47. The van der Waals surface area contributed by atoms with Gasteiger partial charge >= 0.3 is 6.18 Å². The zero-order chi connectivity index (χ0) is 27.5. The summed E-state index contributed by atoms with van der Waals surface area (Å²) in [6, 6.07) is 8.30. The number of para-hydroxylation sites is 1. The average Bonchev–Trinajstić information content (AvgIpc) is 3.42. The van der Waals surface area contributed by atoms with Gasteiger partial charge in [0.2, 0.25) is 6.33 Å². The van der Waals surface area contributed by atoms with E-state index in [0.29, 0.717) is 29.8 Å². The zero-order valence-corrected chi connectivity index (χ0v) is 22.1. The molecule has 2 aromatic carbocycles. The van der Waals surface area contributed by atoms with Gasteiger partial charge in [-0.05, 0) is 85.3 Å². The number of carbonyl (C=O) groups is 1. The molecule has 6 rings (SSSR count). The number of alkyl halides is 4. The summed E-state index contributed by atoms with van der Waals surface area (Å²) in [5.41, 5.74) is 1.75. The molecule has 3 aliphatic rings. The van der Waals surface area contributed by atoms with Crippen LogP contribution in [0.4, 0.5) is 23.2 Å². The van der Waals surface area contributed by atoms with Crippen LogP contribution in [0.25, 0.3) is 5.69 Å². The number of nitrogens with one attached hydrogen (secondary N) is 1. The summed E-state index contributed by atoms with van der Waals surface area (Å²) in [5, 5.41) is 7.82. The first-order chi connectivity index (χ1) is 18.6. The number of hydrogen-bond donors (Lipinski definition) is 1. The molecule has 1 aliphatic heterocycles. The molecule has 2 aliphatic carbocycles. The van der Waals surface area contributed by atoms with E-state index in [4.69, 9.17) is 0 Å². The van der Waals surface area contributed by atoms with Crippen LogP contribution in [0.2, 0.25) is 0 Å². The van der Waals surface area contributed by atoms with Crippen LogP contribution in [0.5, 0.6) is 0 Å². The van der Waals surface area contributed by atoms with Crippen molar-refractivity contribution in [3.8, 4) is 5.69 Å². The maximum Gasteiger partial charge on any atom is 0.416 e. The third kappa shape index (κ3) is 4.62. The Morgan fingerprint density at radius 3 is 2.59 bits per heavy atom. The highest BCUT2D eigenvalue weighted by atomic mass is 19.4. The molecule has 39 heavy (non-hydrogen) atoms. The van der Waals surface area contributed by atoms with Crippen LogP contribution in [0.3, 0.4) is 0 Å². The third-order valence-corrected chi connectivity index (χ3v) is 8.69. The van der Waals surface area contributed by atoms with Gasteiger partial charge in [0.1, 0.15) is 0 Å². The van der Waals surface area contributed by atoms with Crippen LogP contribution in [0.15, 0.2) is 43.0 Å². The predicted molar refractivity (Wildman–Crippen MR) is 137 cm³/mol. The lowest BCUT2D eigenvalue weighted by molar-refractivity contribution is -0.657. The Kier molecular flexibility index (Phi) is 6.28. The average molecular weight is 543 g/mol. The van der Waals surface area contributed by atoms with Crippen molar-refractivity contribution in [1.29, 1.82) is 0 Å². The number of anilines is 1. The van der Waals surface area contributed by atoms with Gasteiger partial charge < -0.3 is 5.32 Å². The van der Waals surface area contributed by atoms with E-state index in [0.717, 1.165) is 24.8 Å². The van der Waals surface area contributed by atoms with E-state index in [1.54, 1.807) is 34.0 Å². The summed E-state index contributed by atoms with van der Waals surface area (Å²) < 4.78 is 59.5. The Bertz CT molecular complexity index is 1420. The van der Waals surface area contributed by atoms with Crippen molar-refractivity contribution in [2.75, 3.05) is 11.6 Å². The maximum absolute atomic E-state index is 14.3. The molecule has 2 fully saturated rings. The third-order valence-electron chi connectivity index (χ3n) is 8.69.